The van der Waals surface area contributed by atoms with E-state index in [1.807, 2.05) is 6.92 Å². The largest absolute Gasteiger partial charge is 0.573 e. The van der Waals surface area contributed by atoms with Gasteiger partial charge in [-0.25, -0.2) is 0 Å². The second-order valence-electron chi connectivity index (χ2n) is 4.24. The number of para-hydroxylation sites is 2. The van der Waals surface area contributed by atoms with Gasteiger partial charge in [-0.2, -0.15) is 0 Å². The van der Waals surface area contributed by atoms with Crippen molar-refractivity contribution in [3.8, 4) is 5.75 Å². The van der Waals surface area contributed by atoms with Crippen molar-refractivity contribution < 1.29 is 17.9 Å². The van der Waals surface area contributed by atoms with E-state index in [0.29, 0.717) is 11.4 Å². The lowest BCUT2D eigenvalue weighted by Crippen LogP contribution is -2.17. The molecule has 3 N–H and O–H groups in total. The molecule has 106 valence electrons. The van der Waals surface area contributed by atoms with Crippen LogP contribution in [0.5, 0.6) is 5.75 Å². The van der Waals surface area contributed by atoms with Crippen LogP contribution in [-0.2, 0) is 0 Å². The number of benzene rings is 2. The van der Waals surface area contributed by atoms with Crippen LogP contribution >= 0.6 is 0 Å². The Morgan fingerprint density at radius 1 is 1.10 bits per heavy atom. The lowest BCUT2D eigenvalue weighted by molar-refractivity contribution is -0.274. The number of ether oxygens (including phenoxy) is 1. The molecule has 0 atom stereocenters. The first-order valence-corrected chi connectivity index (χ1v) is 5.83. The molecule has 20 heavy (non-hydrogen) atoms. The molecule has 0 heterocycles. The minimum Gasteiger partial charge on any atom is -0.404 e. The van der Waals surface area contributed by atoms with Crippen LogP contribution in [0.2, 0.25) is 0 Å². The maximum absolute atomic E-state index is 12.3. The molecule has 0 amide bonds. The van der Waals surface area contributed by atoms with Crippen molar-refractivity contribution in [3.05, 3.63) is 48.0 Å². The molecule has 0 aromatic heterocycles. The normalized spacial score (nSPS) is 11.2. The number of halogens is 3. The molecule has 2 aromatic carbocycles. The van der Waals surface area contributed by atoms with Gasteiger partial charge in [-0.05, 0) is 36.8 Å². The third kappa shape index (κ3) is 3.57. The maximum Gasteiger partial charge on any atom is 0.573 e. The fourth-order valence-corrected chi connectivity index (χ4v) is 1.66. The number of hydrogen-bond acceptors (Lipinski definition) is 3. The van der Waals surface area contributed by atoms with Crippen LogP contribution in [0.4, 0.5) is 30.2 Å². The molecule has 0 aliphatic heterocycles. The van der Waals surface area contributed by atoms with E-state index in [2.05, 4.69) is 10.1 Å². The van der Waals surface area contributed by atoms with E-state index in [9.17, 15) is 13.2 Å². The number of nitrogens with two attached hydrogens (primary N) is 1. The average molecular weight is 282 g/mol. The lowest BCUT2D eigenvalue weighted by atomic mass is 10.2. The summed E-state index contributed by atoms with van der Waals surface area (Å²) in [7, 11) is 0. The van der Waals surface area contributed by atoms with E-state index in [1.165, 1.54) is 18.2 Å². The van der Waals surface area contributed by atoms with Crippen molar-refractivity contribution in [1.29, 1.82) is 0 Å². The number of alkyl halides is 3. The van der Waals surface area contributed by atoms with Crippen LogP contribution in [0, 0.1) is 6.92 Å². The SMILES string of the molecule is Cc1ccc(Nc2ccccc2OC(F)(F)F)cc1N. The number of nitrogens with one attached hydrogen (secondary N) is 1. The predicted molar refractivity (Wildman–Crippen MR) is 72.0 cm³/mol. The highest BCUT2D eigenvalue weighted by atomic mass is 19.4. The third-order valence-electron chi connectivity index (χ3n) is 2.67. The molecule has 0 fully saturated rings. The van der Waals surface area contributed by atoms with Gasteiger partial charge in [-0.15, -0.1) is 13.2 Å². The monoisotopic (exact) mass is 282 g/mol. The first-order valence-electron chi connectivity index (χ1n) is 5.83. The number of hydrogen-bond donors (Lipinski definition) is 2. The first-order chi connectivity index (χ1) is 9.35. The highest BCUT2D eigenvalue weighted by Crippen LogP contribution is 2.32. The summed E-state index contributed by atoms with van der Waals surface area (Å²) in [5.41, 5.74) is 8.03. The van der Waals surface area contributed by atoms with Crippen LogP contribution in [0.1, 0.15) is 5.56 Å². The van der Waals surface area contributed by atoms with E-state index in [0.717, 1.165) is 5.56 Å². The third-order valence-corrected chi connectivity index (χ3v) is 2.67. The van der Waals surface area contributed by atoms with Gasteiger partial charge in [0.1, 0.15) is 0 Å². The molecular weight excluding hydrogens is 269 g/mol. The quantitative estimate of drug-likeness (QED) is 0.829. The van der Waals surface area contributed by atoms with Crippen molar-refractivity contribution in [2.24, 2.45) is 0 Å². The highest BCUT2D eigenvalue weighted by molar-refractivity contribution is 5.69. The second kappa shape index (κ2) is 5.32. The van der Waals surface area contributed by atoms with Crippen molar-refractivity contribution in [2.75, 3.05) is 11.1 Å². The van der Waals surface area contributed by atoms with Crippen molar-refractivity contribution in [2.45, 2.75) is 13.3 Å². The molecule has 0 aliphatic rings. The standard InChI is InChI=1S/C14H13F3N2O/c1-9-6-7-10(8-11(9)18)19-12-4-2-3-5-13(12)20-14(15,16)17/h2-8,19H,18H2,1H3. The number of anilines is 3. The molecular formula is C14H13F3N2O. The Morgan fingerprint density at radius 2 is 1.80 bits per heavy atom. The Kier molecular flexibility index (Phi) is 3.74. The zero-order valence-corrected chi connectivity index (χ0v) is 10.7. The molecule has 2 aromatic rings. The molecule has 0 spiro atoms. The molecule has 0 aliphatic carbocycles. The van der Waals surface area contributed by atoms with Gasteiger partial charge < -0.3 is 15.8 Å². The Labute approximate surface area is 114 Å². The van der Waals surface area contributed by atoms with Gasteiger partial charge in [0, 0.05) is 11.4 Å². The Balaban J connectivity index is 2.27. The minimum absolute atomic E-state index is 0.216. The summed E-state index contributed by atoms with van der Waals surface area (Å²) in [6.45, 7) is 1.85. The van der Waals surface area contributed by atoms with Crippen LogP contribution in [0.3, 0.4) is 0 Å². The summed E-state index contributed by atoms with van der Waals surface area (Å²) < 4.78 is 40.9. The van der Waals surface area contributed by atoms with Gasteiger partial charge in [0.2, 0.25) is 0 Å². The Morgan fingerprint density at radius 3 is 2.45 bits per heavy atom. The summed E-state index contributed by atoms with van der Waals surface area (Å²) >= 11 is 0. The highest BCUT2D eigenvalue weighted by Gasteiger charge is 2.32. The molecule has 0 bridgehead atoms. The summed E-state index contributed by atoms with van der Waals surface area (Å²) in [5.74, 6) is -0.292. The molecule has 0 saturated heterocycles. The smallest absolute Gasteiger partial charge is 0.404 e. The fraction of sp³-hybridized carbons (Fsp3) is 0.143. The number of rotatable bonds is 3. The van der Waals surface area contributed by atoms with Crippen LogP contribution < -0.4 is 15.8 Å². The van der Waals surface area contributed by atoms with Crippen LogP contribution in [0.25, 0.3) is 0 Å². The van der Waals surface area contributed by atoms with Gasteiger partial charge in [0.15, 0.2) is 5.75 Å². The zero-order chi connectivity index (χ0) is 14.8. The topological polar surface area (TPSA) is 47.3 Å². The van der Waals surface area contributed by atoms with E-state index in [-0.39, 0.29) is 11.4 Å². The van der Waals surface area contributed by atoms with Crippen molar-refractivity contribution in [1.82, 2.24) is 0 Å². The zero-order valence-electron chi connectivity index (χ0n) is 10.7. The van der Waals surface area contributed by atoms with Crippen molar-refractivity contribution >= 4 is 17.1 Å². The molecule has 3 nitrogen and oxygen atoms in total. The Hall–Kier alpha value is -2.37. The van der Waals surface area contributed by atoms with Gasteiger partial charge in [0.25, 0.3) is 0 Å². The molecule has 6 heteroatoms. The van der Waals surface area contributed by atoms with E-state index >= 15 is 0 Å². The lowest BCUT2D eigenvalue weighted by Gasteiger charge is -2.15. The van der Waals surface area contributed by atoms with Gasteiger partial charge in [-0.1, -0.05) is 18.2 Å². The van der Waals surface area contributed by atoms with Gasteiger partial charge in [0.05, 0.1) is 5.69 Å². The maximum atomic E-state index is 12.3. The Bertz CT molecular complexity index is 612. The van der Waals surface area contributed by atoms with E-state index in [4.69, 9.17) is 5.73 Å². The molecule has 0 unspecified atom stereocenters. The predicted octanol–water partition coefficient (Wildman–Crippen LogP) is 4.22. The van der Waals surface area contributed by atoms with Crippen LogP contribution in [0.15, 0.2) is 42.5 Å². The second-order valence-corrected chi connectivity index (χ2v) is 4.24. The summed E-state index contributed by atoms with van der Waals surface area (Å²) in [6.07, 6.45) is -4.73. The van der Waals surface area contributed by atoms with Gasteiger partial charge in [-0.3, -0.25) is 0 Å². The average Bonchev–Trinajstić information content (AvgIpc) is 2.34. The summed E-state index contributed by atoms with van der Waals surface area (Å²) in [5, 5.41) is 2.86. The van der Waals surface area contributed by atoms with Crippen LogP contribution in [-0.4, -0.2) is 6.36 Å². The number of aryl methyl sites for hydroxylation is 1. The minimum atomic E-state index is -4.73. The molecule has 0 radical (unpaired) electrons. The van der Waals surface area contributed by atoms with E-state index < -0.39 is 6.36 Å². The number of nitrogen functional groups attached to an aromatic ring is 1. The van der Waals surface area contributed by atoms with Crippen molar-refractivity contribution in [3.63, 3.8) is 0 Å². The summed E-state index contributed by atoms with van der Waals surface area (Å²) in [6, 6.07) is 11.0. The fourth-order valence-electron chi connectivity index (χ4n) is 1.66. The van der Waals surface area contributed by atoms with Gasteiger partial charge >= 0.3 is 6.36 Å². The van der Waals surface area contributed by atoms with E-state index in [1.54, 1.807) is 24.3 Å². The molecule has 2 rings (SSSR count). The summed E-state index contributed by atoms with van der Waals surface area (Å²) in [4.78, 5) is 0. The first kappa shape index (κ1) is 14.0. The molecule has 0 saturated carbocycles.